The first kappa shape index (κ1) is 10.9. The zero-order valence-corrected chi connectivity index (χ0v) is 10.4. The van der Waals surface area contributed by atoms with E-state index in [1.54, 1.807) is 0 Å². The van der Waals surface area contributed by atoms with Crippen LogP contribution in [0, 0.1) is 6.92 Å². The van der Waals surface area contributed by atoms with Crippen LogP contribution in [0.2, 0.25) is 0 Å². The lowest BCUT2D eigenvalue weighted by atomic mass is 10.2. The van der Waals surface area contributed by atoms with E-state index in [4.69, 9.17) is 4.74 Å². The Hall–Kier alpha value is -0.610. The molecule has 4 heteroatoms. The molecule has 2 heterocycles. The highest BCUT2D eigenvalue weighted by Gasteiger charge is 2.21. The molecule has 82 valence electrons. The molecule has 1 aliphatic heterocycles. The van der Waals surface area contributed by atoms with Crippen LogP contribution in [0.5, 0.6) is 0 Å². The van der Waals surface area contributed by atoms with E-state index in [1.807, 2.05) is 12.3 Å². The standard InChI is InChI=1S/C11H15BrN2O/c1-9-3-2-4-13-11(9)14-5-6-15-10(7-12)8-14/h2-4,10H,5-8H2,1H3. The van der Waals surface area contributed by atoms with Crippen molar-refractivity contribution in [3.8, 4) is 0 Å². The Balaban J connectivity index is 2.13. The van der Waals surface area contributed by atoms with Gasteiger partial charge in [-0.25, -0.2) is 4.98 Å². The molecule has 1 aliphatic rings. The third kappa shape index (κ3) is 2.49. The van der Waals surface area contributed by atoms with Gasteiger partial charge in [-0.1, -0.05) is 22.0 Å². The SMILES string of the molecule is Cc1cccnc1N1CCOC(CBr)C1. The maximum absolute atomic E-state index is 5.60. The van der Waals surface area contributed by atoms with Crippen LogP contribution in [0.15, 0.2) is 18.3 Å². The maximum Gasteiger partial charge on any atom is 0.131 e. The van der Waals surface area contributed by atoms with E-state index >= 15 is 0 Å². The predicted molar refractivity (Wildman–Crippen MR) is 64.7 cm³/mol. The van der Waals surface area contributed by atoms with E-state index < -0.39 is 0 Å². The Morgan fingerprint density at radius 2 is 2.53 bits per heavy atom. The fourth-order valence-electron chi connectivity index (χ4n) is 1.81. The van der Waals surface area contributed by atoms with Gasteiger partial charge in [-0.15, -0.1) is 0 Å². The second-order valence-corrected chi connectivity index (χ2v) is 4.38. The molecule has 1 aromatic heterocycles. The maximum atomic E-state index is 5.60. The first-order valence-electron chi connectivity index (χ1n) is 5.15. The average Bonchev–Trinajstić information content (AvgIpc) is 2.30. The van der Waals surface area contributed by atoms with E-state index in [1.165, 1.54) is 5.56 Å². The van der Waals surface area contributed by atoms with Gasteiger partial charge in [-0.05, 0) is 18.6 Å². The highest BCUT2D eigenvalue weighted by molar-refractivity contribution is 9.09. The van der Waals surface area contributed by atoms with Gasteiger partial charge in [0, 0.05) is 24.6 Å². The Morgan fingerprint density at radius 3 is 3.27 bits per heavy atom. The molecule has 0 bridgehead atoms. The summed E-state index contributed by atoms with van der Waals surface area (Å²) in [5.41, 5.74) is 1.23. The van der Waals surface area contributed by atoms with E-state index in [0.717, 1.165) is 30.8 Å². The summed E-state index contributed by atoms with van der Waals surface area (Å²) in [6, 6.07) is 4.07. The lowest BCUT2D eigenvalue weighted by Gasteiger charge is -2.33. The molecule has 0 aromatic carbocycles. The zero-order valence-electron chi connectivity index (χ0n) is 8.82. The quantitative estimate of drug-likeness (QED) is 0.769. The summed E-state index contributed by atoms with van der Waals surface area (Å²) in [5.74, 6) is 1.09. The van der Waals surface area contributed by atoms with Crippen molar-refractivity contribution in [2.75, 3.05) is 29.9 Å². The Morgan fingerprint density at radius 1 is 1.67 bits per heavy atom. The smallest absolute Gasteiger partial charge is 0.131 e. The first-order valence-corrected chi connectivity index (χ1v) is 6.27. The molecule has 0 N–H and O–H groups in total. The Bertz CT molecular complexity index is 332. The predicted octanol–water partition coefficient (Wildman–Crippen LogP) is 1.99. The summed E-state index contributed by atoms with van der Waals surface area (Å²) < 4.78 is 5.60. The van der Waals surface area contributed by atoms with Crippen LogP contribution >= 0.6 is 15.9 Å². The van der Waals surface area contributed by atoms with Crippen LogP contribution in [0.25, 0.3) is 0 Å². The van der Waals surface area contributed by atoms with Gasteiger partial charge in [0.05, 0.1) is 12.7 Å². The van der Waals surface area contributed by atoms with Crippen molar-refractivity contribution < 1.29 is 4.74 Å². The van der Waals surface area contributed by atoms with Crippen LogP contribution in [-0.4, -0.2) is 36.1 Å². The van der Waals surface area contributed by atoms with E-state index in [9.17, 15) is 0 Å². The fourth-order valence-corrected chi connectivity index (χ4v) is 2.21. The van der Waals surface area contributed by atoms with Crippen molar-refractivity contribution in [1.29, 1.82) is 0 Å². The molecule has 3 nitrogen and oxygen atoms in total. The normalized spacial score (nSPS) is 21.7. The minimum absolute atomic E-state index is 0.278. The summed E-state index contributed by atoms with van der Waals surface area (Å²) >= 11 is 3.46. The third-order valence-electron chi connectivity index (χ3n) is 2.59. The van der Waals surface area contributed by atoms with Crippen molar-refractivity contribution >= 4 is 21.7 Å². The van der Waals surface area contributed by atoms with Crippen LogP contribution < -0.4 is 4.90 Å². The number of halogens is 1. The summed E-state index contributed by atoms with van der Waals surface area (Å²) in [4.78, 5) is 6.72. The van der Waals surface area contributed by atoms with Crippen molar-refractivity contribution in [3.63, 3.8) is 0 Å². The monoisotopic (exact) mass is 270 g/mol. The number of morpholine rings is 1. The number of aryl methyl sites for hydroxylation is 1. The number of ether oxygens (including phenoxy) is 1. The molecule has 0 aliphatic carbocycles. The van der Waals surface area contributed by atoms with Gasteiger partial charge in [-0.3, -0.25) is 0 Å². The number of nitrogens with zero attached hydrogens (tertiary/aromatic N) is 2. The molecule has 2 rings (SSSR count). The molecule has 1 atom stereocenters. The molecule has 1 saturated heterocycles. The summed E-state index contributed by atoms with van der Waals surface area (Å²) in [6.07, 6.45) is 2.13. The van der Waals surface area contributed by atoms with Gasteiger partial charge in [0.15, 0.2) is 0 Å². The molecule has 0 spiro atoms. The van der Waals surface area contributed by atoms with Crippen LogP contribution in [0.3, 0.4) is 0 Å². The van der Waals surface area contributed by atoms with Gasteiger partial charge in [0.2, 0.25) is 0 Å². The molecular weight excluding hydrogens is 256 g/mol. The van der Waals surface area contributed by atoms with Gasteiger partial charge in [-0.2, -0.15) is 0 Å². The second kappa shape index (κ2) is 4.94. The van der Waals surface area contributed by atoms with Crippen LogP contribution in [0.1, 0.15) is 5.56 Å². The van der Waals surface area contributed by atoms with Crippen molar-refractivity contribution in [2.45, 2.75) is 13.0 Å². The number of rotatable bonds is 2. The fraction of sp³-hybridized carbons (Fsp3) is 0.545. The minimum Gasteiger partial charge on any atom is -0.374 e. The number of hydrogen-bond acceptors (Lipinski definition) is 3. The van der Waals surface area contributed by atoms with E-state index in [-0.39, 0.29) is 6.10 Å². The lowest BCUT2D eigenvalue weighted by Crippen LogP contribution is -2.43. The Kier molecular flexibility index (Phi) is 3.59. The van der Waals surface area contributed by atoms with E-state index in [2.05, 4.69) is 38.8 Å². The highest BCUT2D eigenvalue weighted by atomic mass is 79.9. The molecule has 1 unspecified atom stereocenters. The average molecular weight is 271 g/mol. The zero-order chi connectivity index (χ0) is 10.7. The summed E-state index contributed by atoms with van der Waals surface area (Å²) in [6.45, 7) is 4.73. The summed E-state index contributed by atoms with van der Waals surface area (Å²) in [7, 11) is 0. The molecule has 0 saturated carbocycles. The lowest BCUT2D eigenvalue weighted by molar-refractivity contribution is 0.0567. The number of hydrogen-bond donors (Lipinski definition) is 0. The number of aromatic nitrogens is 1. The largest absolute Gasteiger partial charge is 0.374 e. The van der Waals surface area contributed by atoms with E-state index in [0.29, 0.717) is 0 Å². The topological polar surface area (TPSA) is 25.4 Å². The molecular formula is C11H15BrN2O. The minimum atomic E-state index is 0.278. The Labute approximate surface area is 98.6 Å². The van der Waals surface area contributed by atoms with Crippen LogP contribution in [-0.2, 0) is 4.74 Å². The van der Waals surface area contributed by atoms with Gasteiger partial charge >= 0.3 is 0 Å². The molecule has 1 fully saturated rings. The number of pyridine rings is 1. The van der Waals surface area contributed by atoms with Gasteiger partial charge < -0.3 is 9.64 Å². The highest BCUT2D eigenvalue weighted by Crippen LogP contribution is 2.19. The van der Waals surface area contributed by atoms with Gasteiger partial charge in [0.25, 0.3) is 0 Å². The molecule has 0 amide bonds. The van der Waals surface area contributed by atoms with Crippen LogP contribution in [0.4, 0.5) is 5.82 Å². The summed E-state index contributed by atoms with van der Waals surface area (Å²) in [5, 5.41) is 0.884. The molecule has 1 aromatic rings. The van der Waals surface area contributed by atoms with Crippen molar-refractivity contribution in [1.82, 2.24) is 4.98 Å². The molecule has 0 radical (unpaired) electrons. The number of anilines is 1. The van der Waals surface area contributed by atoms with Crippen molar-refractivity contribution in [2.24, 2.45) is 0 Å². The number of alkyl halides is 1. The second-order valence-electron chi connectivity index (χ2n) is 3.74. The van der Waals surface area contributed by atoms with Crippen molar-refractivity contribution in [3.05, 3.63) is 23.9 Å². The first-order chi connectivity index (χ1) is 7.31. The third-order valence-corrected chi connectivity index (χ3v) is 3.31. The van der Waals surface area contributed by atoms with Gasteiger partial charge in [0.1, 0.15) is 5.82 Å². The molecule has 15 heavy (non-hydrogen) atoms.